The second-order valence-corrected chi connectivity index (χ2v) is 4.52. The molecule has 0 amide bonds. The summed E-state index contributed by atoms with van der Waals surface area (Å²) >= 11 is 6.10. The molecule has 0 unspecified atom stereocenters. The summed E-state index contributed by atoms with van der Waals surface area (Å²) in [5.41, 5.74) is 0.0180. The van der Waals surface area contributed by atoms with Crippen LogP contribution in [0.2, 0.25) is 5.28 Å². The molecule has 4 nitrogen and oxygen atoms in total. The summed E-state index contributed by atoms with van der Waals surface area (Å²) in [5.74, 6) is 0.962. The topological polar surface area (TPSA) is 39.9 Å². The fraction of sp³-hybridized carbons (Fsp3) is 0.800. The van der Waals surface area contributed by atoms with E-state index in [9.17, 15) is 0 Å². The Morgan fingerprint density at radius 2 is 2.07 bits per heavy atom. The van der Waals surface area contributed by atoms with E-state index in [0.717, 1.165) is 38.3 Å². The molecular weight excluding hydrogens is 214 g/mol. The van der Waals surface area contributed by atoms with Gasteiger partial charge in [0.25, 0.3) is 0 Å². The molecular formula is C10H16ClN3O. The summed E-state index contributed by atoms with van der Waals surface area (Å²) in [5, 5.41) is 8.54. The highest BCUT2D eigenvalue weighted by Gasteiger charge is 2.33. The molecule has 0 bridgehead atoms. The zero-order valence-electron chi connectivity index (χ0n) is 9.16. The van der Waals surface area contributed by atoms with Crippen LogP contribution >= 0.6 is 11.6 Å². The van der Waals surface area contributed by atoms with Gasteiger partial charge in [0, 0.05) is 19.6 Å². The van der Waals surface area contributed by atoms with Crippen LogP contribution in [0.4, 0.5) is 0 Å². The standard InChI is InChI=1S/C10H16ClN3O/c1-3-8-12-13-9(11)14(8)10(2)4-6-15-7-5-10/h3-7H2,1-2H3. The molecule has 1 aromatic rings. The first kappa shape index (κ1) is 10.9. The molecule has 1 aromatic heterocycles. The van der Waals surface area contributed by atoms with E-state index < -0.39 is 0 Å². The molecule has 1 fully saturated rings. The van der Waals surface area contributed by atoms with Crippen molar-refractivity contribution >= 4 is 11.6 Å². The van der Waals surface area contributed by atoms with E-state index in [2.05, 4.69) is 28.6 Å². The van der Waals surface area contributed by atoms with Gasteiger partial charge in [0.05, 0.1) is 5.54 Å². The fourth-order valence-corrected chi connectivity index (χ4v) is 2.43. The summed E-state index contributed by atoms with van der Waals surface area (Å²) in [6, 6.07) is 0. The molecule has 0 atom stereocenters. The fourth-order valence-electron chi connectivity index (χ4n) is 2.09. The second-order valence-electron chi connectivity index (χ2n) is 4.18. The molecule has 0 N–H and O–H groups in total. The van der Waals surface area contributed by atoms with Crippen molar-refractivity contribution in [2.75, 3.05) is 13.2 Å². The number of rotatable bonds is 2. The number of nitrogens with zero attached hydrogens (tertiary/aromatic N) is 3. The number of ether oxygens (including phenoxy) is 1. The number of halogens is 1. The van der Waals surface area contributed by atoms with Crippen molar-refractivity contribution < 1.29 is 4.74 Å². The van der Waals surface area contributed by atoms with Gasteiger partial charge in [-0.1, -0.05) is 6.92 Å². The first-order valence-electron chi connectivity index (χ1n) is 5.35. The van der Waals surface area contributed by atoms with Crippen molar-refractivity contribution in [3.05, 3.63) is 11.1 Å². The quantitative estimate of drug-likeness (QED) is 0.779. The lowest BCUT2D eigenvalue weighted by Crippen LogP contribution is -2.37. The minimum Gasteiger partial charge on any atom is -0.381 e. The maximum absolute atomic E-state index is 6.10. The normalized spacial score (nSPS) is 20.5. The lowest BCUT2D eigenvalue weighted by Gasteiger charge is -2.35. The molecule has 0 spiro atoms. The van der Waals surface area contributed by atoms with Crippen molar-refractivity contribution in [2.24, 2.45) is 0 Å². The van der Waals surface area contributed by atoms with Crippen LogP contribution in [0.3, 0.4) is 0 Å². The monoisotopic (exact) mass is 229 g/mol. The van der Waals surface area contributed by atoms with Crippen molar-refractivity contribution in [2.45, 2.75) is 38.6 Å². The number of aryl methyl sites for hydroxylation is 1. The van der Waals surface area contributed by atoms with Gasteiger partial charge in [0.15, 0.2) is 0 Å². The van der Waals surface area contributed by atoms with Gasteiger partial charge in [-0.25, -0.2) is 0 Å². The molecule has 1 aliphatic rings. The smallest absolute Gasteiger partial charge is 0.225 e. The van der Waals surface area contributed by atoms with Gasteiger partial charge in [0.2, 0.25) is 5.28 Å². The lowest BCUT2D eigenvalue weighted by molar-refractivity contribution is 0.0283. The Balaban J connectivity index is 2.37. The van der Waals surface area contributed by atoms with Crippen LogP contribution in [0.25, 0.3) is 0 Å². The van der Waals surface area contributed by atoms with Crippen LogP contribution in [0.15, 0.2) is 0 Å². The SMILES string of the molecule is CCc1nnc(Cl)n1C1(C)CCOCC1. The van der Waals surface area contributed by atoms with Crippen molar-refractivity contribution in [1.82, 2.24) is 14.8 Å². The molecule has 2 rings (SSSR count). The maximum Gasteiger partial charge on any atom is 0.225 e. The minimum absolute atomic E-state index is 0.0180. The Kier molecular flexibility index (Phi) is 2.98. The number of hydrogen-bond donors (Lipinski definition) is 0. The predicted molar refractivity (Wildman–Crippen MR) is 58.1 cm³/mol. The summed E-state index contributed by atoms with van der Waals surface area (Å²) in [6.07, 6.45) is 2.80. The predicted octanol–water partition coefficient (Wildman–Crippen LogP) is 2.02. The van der Waals surface area contributed by atoms with Gasteiger partial charge in [-0.05, 0) is 31.4 Å². The molecule has 1 saturated heterocycles. The third-order valence-corrected chi connectivity index (χ3v) is 3.36. The summed E-state index contributed by atoms with van der Waals surface area (Å²) < 4.78 is 7.45. The lowest BCUT2D eigenvalue weighted by atomic mass is 9.92. The number of hydrogen-bond acceptors (Lipinski definition) is 3. The largest absolute Gasteiger partial charge is 0.381 e. The zero-order valence-corrected chi connectivity index (χ0v) is 9.92. The van der Waals surface area contributed by atoms with Crippen molar-refractivity contribution in [1.29, 1.82) is 0 Å². The van der Waals surface area contributed by atoms with Crippen LogP contribution < -0.4 is 0 Å². The van der Waals surface area contributed by atoms with E-state index in [0.29, 0.717) is 5.28 Å². The van der Waals surface area contributed by atoms with E-state index >= 15 is 0 Å². The highest BCUT2D eigenvalue weighted by atomic mass is 35.5. The average molecular weight is 230 g/mol. The third-order valence-electron chi connectivity index (χ3n) is 3.12. The van der Waals surface area contributed by atoms with Gasteiger partial charge >= 0.3 is 0 Å². The first-order valence-corrected chi connectivity index (χ1v) is 5.73. The Labute approximate surface area is 94.6 Å². The zero-order chi connectivity index (χ0) is 10.9. The van der Waals surface area contributed by atoms with Gasteiger partial charge in [-0.15, -0.1) is 10.2 Å². The molecule has 0 saturated carbocycles. The van der Waals surface area contributed by atoms with Crippen LogP contribution in [0, 0.1) is 0 Å². The van der Waals surface area contributed by atoms with Gasteiger partial charge in [-0.2, -0.15) is 0 Å². The van der Waals surface area contributed by atoms with Crippen LogP contribution in [-0.4, -0.2) is 28.0 Å². The molecule has 84 valence electrons. The van der Waals surface area contributed by atoms with Crippen molar-refractivity contribution in [3.8, 4) is 0 Å². The molecule has 0 radical (unpaired) electrons. The van der Waals surface area contributed by atoms with Crippen LogP contribution in [-0.2, 0) is 16.7 Å². The molecule has 0 aliphatic carbocycles. The van der Waals surface area contributed by atoms with E-state index in [1.165, 1.54) is 0 Å². The van der Waals surface area contributed by atoms with Crippen LogP contribution in [0.5, 0.6) is 0 Å². The third kappa shape index (κ3) is 1.88. The van der Waals surface area contributed by atoms with Gasteiger partial charge < -0.3 is 4.74 Å². The molecule has 5 heteroatoms. The van der Waals surface area contributed by atoms with Gasteiger partial charge in [-0.3, -0.25) is 4.57 Å². The highest BCUT2D eigenvalue weighted by Crippen LogP contribution is 2.32. The van der Waals surface area contributed by atoms with Crippen molar-refractivity contribution in [3.63, 3.8) is 0 Å². The van der Waals surface area contributed by atoms with E-state index in [-0.39, 0.29) is 5.54 Å². The molecule has 1 aliphatic heterocycles. The summed E-state index contributed by atoms with van der Waals surface area (Å²) in [7, 11) is 0. The van der Waals surface area contributed by atoms with E-state index in [4.69, 9.17) is 16.3 Å². The Morgan fingerprint density at radius 3 is 2.67 bits per heavy atom. The Hall–Kier alpha value is -0.610. The summed E-state index contributed by atoms with van der Waals surface area (Å²) in [4.78, 5) is 0. The first-order chi connectivity index (χ1) is 7.17. The average Bonchev–Trinajstić information content (AvgIpc) is 2.61. The summed E-state index contributed by atoms with van der Waals surface area (Å²) in [6.45, 7) is 5.84. The van der Waals surface area contributed by atoms with Crippen LogP contribution in [0.1, 0.15) is 32.5 Å². The Bertz CT molecular complexity index is 344. The van der Waals surface area contributed by atoms with Gasteiger partial charge in [0.1, 0.15) is 5.82 Å². The molecule has 15 heavy (non-hydrogen) atoms. The Morgan fingerprint density at radius 1 is 1.40 bits per heavy atom. The molecule has 0 aromatic carbocycles. The highest BCUT2D eigenvalue weighted by molar-refractivity contribution is 6.28. The van der Waals surface area contributed by atoms with E-state index in [1.54, 1.807) is 0 Å². The number of aromatic nitrogens is 3. The second kappa shape index (κ2) is 4.10. The maximum atomic E-state index is 6.10. The minimum atomic E-state index is 0.0180. The molecule has 2 heterocycles. The van der Waals surface area contributed by atoms with E-state index in [1.807, 2.05) is 0 Å².